The number of nitrogens with one attached hydrogen (secondary N) is 1. The highest BCUT2D eigenvalue weighted by Gasteiger charge is 2.28. The normalized spacial score (nSPS) is 16.9. The van der Waals surface area contributed by atoms with Gasteiger partial charge in [0.15, 0.2) is 5.82 Å². The van der Waals surface area contributed by atoms with E-state index in [1.807, 2.05) is 59.3 Å². The zero-order valence-corrected chi connectivity index (χ0v) is 21.3. The van der Waals surface area contributed by atoms with Crippen LogP contribution >= 0.6 is 0 Å². The fourth-order valence-corrected chi connectivity index (χ4v) is 4.46. The highest BCUT2D eigenvalue weighted by Crippen LogP contribution is 2.38. The Hall–Kier alpha value is -4.15. The van der Waals surface area contributed by atoms with Crippen LogP contribution in [0.2, 0.25) is 0 Å². The Labute approximate surface area is 216 Å². The number of likely N-dealkylation sites (N-methyl/N-ethyl adjacent to an activating group) is 1. The minimum Gasteiger partial charge on any atom is -0.397 e. The summed E-state index contributed by atoms with van der Waals surface area (Å²) < 4.78 is 2.90. The van der Waals surface area contributed by atoms with E-state index in [1.165, 1.54) is 0 Å². The Morgan fingerprint density at radius 1 is 1.03 bits per heavy atom. The monoisotopic (exact) mass is 500 g/mol. The maximum Gasteiger partial charge on any atom is 0.175 e. The van der Waals surface area contributed by atoms with E-state index in [-0.39, 0.29) is 6.61 Å². The largest absolute Gasteiger partial charge is 0.397 e. The van der Waals surface area contributed by atoms with Gasteiger partial charge in [0.05, 0.1) is 93.1 Å². The molecular weight excluding hydrogens is 466 g/mol. The second-order valence-corrected chi connectivity index (χ2v) is 9.96. The van der Waals surface area contributed by atoms with Crippen molar-refractivity contribution >= 4 is 51.2 Å². The SMILES string of the molecule is C[N+]1(C)CCN(c2nn3ccccc3c2Nc2cc(N=C3C=CC(=NCCO)C=C3)c(N)cc2N)CC1. The van der Waals surface area contributed by atoms with Crippen molar-refractivity contribution in [1.82, 2.24) is 9.61 Å². The predicted octanol–water partition coefficient (Wildman–Crippen LogP) is 2.77. The molecular formula is C27H34N9O+. The number of hydrogen-bond acceptors (Lipinski definition) is 8. The summed E-state index contributed by atoms with van der Waals surface area (Å²) in [7, 11) is 4.52. The van der Waals surface area contributed by atoms with Crippen LogP contribution < -0.4 is 21.7 Å². The lowest BCUT2D eigenvalue weighted by molar-refractivity contribution is -0.890. The molecule has 0 bridgehead atoms. The molecule has 6 N–H and O–H groups in total. The summed E-state index contributed by atoms with van der Waals surface area (Å²) in [6.45, 7) is 4.33. The van der Waals surface area contributed by atoms with E-state index in [0.717, 1.165) is 64.8 Å². The number of fused-ring (bicyclic) bond motifs is 1. The summed E-state index contributed by atoms with van der Waals surface area (Å²) in [5.74, 6) is 0.905. The Bertz CT molecular complexity index is 1400. The summed E-state index contributed by atoms with van der Waals surface area (Å²) in [5.41, 5.74) is 18.5. The number of aliphatic imine (C=N–C) groups is 2. The second kappa shape index (κ2) is 10.1. The number of rotatable bonds is 6. The molecule has 0 unspecified atom stereocenters. The summed E-state index contributed by atoms with van der Waals surface area (Å²) in [6, 6.07) is 9.64. The molecule has 2 aromatic heterocycles. The number of pyridine rings is 1. The van der Waals surface area contributed by atoms with Gasteiger partial charge in [0.25, 0.3) is 0 Å². The number of hydrogen-bond donors (Lipinski definition) is 4. The van der Waals surface area contributed by atoms with Crippen LogP contribution in [0.25, 0.3) is 5.52 Å². The minimum absolute atomic E-state index is 0.0211. The van der Waals surface area contributed by atoms with E-state index in [2.05, 4.69) is 29.3 Å². The number of allylic oxidation sites excluding steroid dienone is 4. The number of quaternary nitrogens is 1. The van der Waals surface area contributed by atoms with Gasteiger partial charge < -0.3 is 31.3 Å². The number of anilines is 5. The van der Waals surface area contributed by atoms with Crippen LogP contribution in [-0.4, -0.2) is 84.1 Å². The van der Waals surface area contributed by atoms with Crippen LogP contribution in [0.1, 0.15) is 0 Å². The molecule has 0 atom stereocenters. The van der Waals surface area contributed by atoms with Gasteiger partial charge in [-0.3, -0.25) is 4.99 Å². The van der Waals surface area contributed by atoms with Gasteiger partial charge in [-0.1, -0.05) is 6.07 Å². The van der Waals surface area contributed by atoms with E-state index in [9.17, 15) is 0 Å². The molecule has 1 fully saturated rings. The number of nitrogens with two attached hydrogens (primary N) is 2. The molecule has 3 heterocycles. The fourth-order valence-electron chi connectivity index (χ4n) is 4.46. The molecule has 1 saturated heterocycles. The molecule has 0 radical (unpaired) electrons. The van der Waals surface area contributed by atoms with Gasteiger partial charge in [-0.05, 0) is 48.6 Å². The van der Waals surface area contributed by atoms with Gasteiger partial charge in [-0.2, -0.15) is 0 Å². The first-order valence-electron chi connectivity index (χ1n) is 12.4. The molecule has 10 nitrogen and oxygen atoms in total. The van der Waals surface area contributed by atoms with E-state index in [4.69, 9.17) is 26.7 Å². The number of aliphatic hydroxyl groups excluding tert-OH is 1. The summed E-state index contributed by atoms with van der Waals surface area (Å²) in [6.07, 6.45) is 9.44. The van der Waals surface area contributed by atoms with Gasteiger partial charge in [0.2, 0.25) is 0 Å². The molecule has 1 aromatic carbocycles. The Morgan fingerprint density at radius 2 is 1.76 bits per heavy atom. The Morgan fingerprint density at radius 3 is 2.49 bits per heavy atom. The molecule has 37 heavy (non-hydrogen) atoms. The molecule has 192 valence electrons. The fraction of sp³-hybridized carbons (Fsp3) is 0.296. The van der Waals surface area contributed by atoms with E-state index >= 15 is 0 Å². The Kier molecular flexibility index (Phi) is 6.68. The highest BCUT2D eigenvalue weighted by atomic mass is 16.3. The second-order valence-electron chi connectivity index (χ2n) is 9.96. The molecule has 2 aliphatic rings. The van der Waals surface area contributed by atoms with Crippen molar-refractivity contribution in [2.45, 2.75) is 0 Å². The van der Waals surface area contributed by atoms with Crippen LogP contribution in [0.3, 0.4) is 0 Å². The third-order valence-corrected chi connectivity index (χ3v) is 6.72. The molecule has 0 spiro atoms. The van der Waals surface area contributed by atoms with Gasteiger partial charge in [0.1, 0.15) is 5.69 Å². The van der Waals surface area contributed by atoms with Crippen molar-refractivity contribution in [3.63, 3.8) is 0 Å². The van der Waals surface area contributed by atoms with Crippen molar-refractivity contribution in [2.24, 2.45) is 9.98 Å². The van der Waals surface area contributed by atoms with Crippen molar-refractivity contribution in [3.05, 3.63) is 60.8 Å². The van der Waals surface area contributed by atoms with Crippen LogP contribution in [0.4, 0.5) is 34.3 Å². The zero-order valence-electron chi connectivity index (χ0n) is 21.3. The number of piperazine rings is 1. The maximum atomic E-state index is 8.97. The van der Waals surface area contributed by atoms with Crippen LogP contribution in [0.5, 0.6) is 0 Å². The smallest absolute Gasteiger partial charge is 0.175 e. The third kappa shape index (κ3) is 5.35. The van der Waals surface area contributed by atoms with Crippen LogP contribution in [0, 0.1) is 0 Å². The molecule has 0 saturated carbocycles. The van der Waals surface area contributed by atoms with Crippen molar-refractivity contribution in [1.29, 1.82) is 0 Å². The van der Waals surface area contributed by atoms with E-state index in [0.29, 0.717) is 23.6 Å². The van der Waals surface area contributed by atoms with E-state index < -0.39 is 0 Å². The number of benzene rings is 1. The van der Waals surface area contributed by atoms with Crippen molar-refractivity contribution < 1.29 is 9.59 Å². The Balaban J connectivity index is 1.47. The first kappa shape index (κ1) is 24.5. The number of aliphatic hydroxyl groups is 1. The molecule has 5 rings (SSSR count). The molecule has 10 heteroatoms. The maximum absolute atomic E-state index is 8.97. The van der Waals surface area contributed by atoms with Gasteiger partial charge in [0, 0.05) is 6.20 Å². The first-order valence-corrected chi connectivity index (χ1v) is 12.4. The van der Waals surface area contributed by atoms with Crippen molar-refractivity contribution in [2.75, 3.05) is 75.1 Å². The third-order valence-electron chi connectivity index (χ3n) is 6.72. The molecule has 1 aliphatic carbocycles. The first-order chi connectivity index (χ1) is 17.8. The predicted molar refractivity (Wildman–Crippen MR) is 153 cm³/mol. The number of aromatic nitrogens is 2. The zero-order chi connectivity index (χ0) is 26.0. The average Bonchev–Trinajstić information content (AvgIpc) is 3.24. The summed E-state index contributed by atoms with van der Waals surface area (Å²) >= 11 is 0. The van der Waals surface area contributed by atoms with Gasteiger partial charge in [-0.25, -0.2) is 9.51 Å². The molecule has 0 amide bonds. The topological polar surface area (TPSA) is 130 Å². The van der Waals surface area contributed by atoms with E-state index in [1.54, 1.807) is 6.07 Å². The quantitative estimate of drug-likeness (QED) is 0.234. The van der Waals surface area contributed by atoms with Gasteiger partial charge in [-0.15, -0.1) is 5.10 Å². The van der Waals surface area contributed by atoms with Gasteiger partial charge >= 0.3 is 0 Å². The minimum atomic E-state index is 0.0211. The molecule has 1 aliphatic heterocycles. The number of nitrogen functional groups attached to an aromatic ring is 2. The molecule has 3 aromatic rings. The standard InChI is InChI=1S/C27H34N9O/c1-36(2)14-12-34(13-15-36)27-26(25-5-3-4-11-35(25)33-27)32-24-18-23(21(28)17-22(24)29)31-20-8-6-19(7-9-20)30-10-16-37/h3-9,11,17-18,32,37H,10,12-16,28-29H2,1-2H3/q+1. The summed E-state index contributed by atoms with van der Waals surface area (Å²) in [4.78, 5) is 11.4. The lowest BCUT2D eigenvalue weighted by Gasteiger charge is -2.39. The van der Waals surface area contributed by atoms with Crippen molar-refractivity contribution in [3.8, 4) is 0 Å². The van der Waals surface area contributed by atoms with Crippen LogP contribution in [0.15, 0.2) is 70.8 Å². The summed E-state index contributed by atoms with van der Waals surface area (Å²) in [5, 5.41) is 17.4. The number of nitrogens with zero attached hydrogens (tertiary/aromatic N) is 6. The lowest BCUT2D eigenvalue weighted by atomic mass is 10.1. The lowest BCUT2D eigenvalue weighted by Crippen LogP contribution is -2.55. The average molecular weight is 501 g/mol. The highest BCUT2D eigenvalue weighted by molar-refractivity contribution is 6.19. The van der Waals surface area contributed by atoms with Crippen LogP contribution in [-0.2, 0) is 0 Å².